The molecule has 15 heteroatoms. The molecule has 0 atom stereocenters. The second-order valence-electron chi connectivity index (χ2n) is 5.76. The Bertz CT molecular complexity index is 1180. The molecule has 4 aromatic heterocycles. The molecule has 0 radical (unpaired) electrons. The van der Waals surface area contributed by atoms with Gasteiger partial charge in [0, 0.05) is 25.2 Å². The number of hydrogen-bond donors (Lipinski definition) is 2. The van der Waals surface area contributed by atoms with E-state index in [2.05, 4.69) is 51.0 Å². The minimum absolute atomic E-state index is 0.00692. The maximum Gasteiger partial charge on any atom is 0.293 e. The average molecular weight is 426 g/mol. The van der Waals surface area contributed by atoms with Crippen molar-refractivity contribution in [2.45, 2.75) is 10.9 Å². The maximum atomic E-state index is 12.7. The standard InChI is InChI=1S/C15H14N12O2S/c1-26-8-19-22-15(26)30-7-10-11(20-25-27(10)13-12(16)23-29-24-13)14(28)21-18-6-9-2-4-17-5-3-9/h2-6,8H,7H2,1H3,(H2,16,23)(H,21,28)/b18-6+. The zero-order valence-electron chi connectivity index (χ0n) is 15.4. The summed E-state index contributed by atoms with van der Waals surface area (Å²) >= 11 is 1.32. The number of hydrogen-bond acceptors (Lipinski definition) is 12. The first-order chi connectivity index (χ1) is 14.6. The second kappa shape index (κ2) is 8.48. The number of nitrogens with two attached hydrogens (primary N) is 1. The minimum atomic E-state index is -0.560. The van der Waals surface area contributed by atoms with Crippen LogP contribution in [0.25, 0.3) is 5.82 Å². The molecule has 4 aromatic rings. The quantitative estimate of drug-likeness (QED) is 0.227. The molecule has 152 valence electrons. The van der Waals surface area contributed by atoms with Gasteiger partial charge in [0.25, 0.3) is 5.91 Å². The van der Waals surface area contributed by atoms with Gasteiger partial charge in [-0.1, -0.05) is 17.0 Å². The highest BCUT2D eigenvalue weighted by atomic mass is 32.2. The Hall–Kier alpha value is -4.14. The summed E-state index contributed by atoms with van der Waals surface area (Å²) < 4.78 is 7.66. The van der Waals surface area contributed by atoms with Crippen molar-refractivity contribution in [1.82, 2.24) is 50.5 Å². The third-order valence-corrected chi connectivity index (χ3v) is 4.81. The van der Waals surface area contributed by atoms with E-state index in [9.17, 15) is 4.79 Å². The van der Waals surface area contributed by atoms with Gasteiger partial charge in [0.05, 0.1) is 11.9 Å². The number of nitrogens with one attached hydrogen (secondary N) is 1. The van der Waals surface area contributed by atoms with E-state index in [1.54, 1.807) is 42.5 Å². The summed E-state index contributed by atoms with van der Waals surface area (Å²) in [5, 5.41) is 27.6. The molecule has 0 bridgehead atoms. The molecule has 0 unspecified atom stereocenters. The molecule has 0 spiro atoms. The molecule has 0 aliphatic heterocycles. The van der Waals surface area contributed by atoms with Crippen LogP contribution in [0, 0.1) is 0 Å². The molecule has 30 heavy (non-hydrogen) atoms. The Kier molecular flexibility index (Phi) is 5.42. The predicted octanol–water partition coefficient (Wildman–Crippen LogP) is -0.188. The van der Waals surface area contributed by atoms with Crippen LogP contribution >= 0.6 is 11.8 Å². The number of aromatic nitrogens is 9. The SMILES string of the molecule is Cn1cnnc1SCc1c(C(=O)N/N=C/c2ccncc2)nnn1-c1nonc1N. The molecule has 4 rings (SSSR count). The topological polar surface area (TPSA) is 181 Å². The number of nitrogen functional groups attached to an aromatic ring is 1. The van der Waals surface area contributed by atoms with Crippen LogP contribution in [0.3, 0.4) is 0 Å². The zero-order chi connectivity index (χ0) is 20.9. The van der Waals surface area contributed by atoms with Gasteiger partial charge < -0.3 is 10.3 Å². The summed E-state index contributed by atoms with van der Waals surface area (Å²) in [5.74, 6) is -0.166. The van der Waals surface area contributed by atoms with E-state index in [0.717, 1.165) is 5.56 Å². The zero-order valence-corrected chi connectivity index (χ0v) is 16.3. The van der Waals surface area contributed by atoms with E-state index in [1.807, 2.05) is 0 Å². The van der Waals surface area contributed by atoms with Crippen molar-refractivity contribution >= 4 is 29.7 Å². The molecule has 0 saturated heterocycles. The fourth-order valence-electron chi connectivity index (χ4n) is 2.32. The minimum Gasteiger partial charge on any atom is -0.378 e. The van der Waals surface area contributed by atoms with Crippen molar-refractivity contribution in [3.05, 3.63) is 47.8 Å². The molecule has 14 nitrogen and oxygen atoms in total. The summed E-state index contributed by atoms with van der Waals surface area (Å²) in [6, 6.07) is 3.49. The Labute approximate surface area is 172 Å². The number of anilines is 1. The number of aryl methyl sites for hydroxylation is 1. The molecule has 3 N–H and O–H groups in total. The van der Waals surface area contributed by atoms with Gasteiger partial charge >= 0.3 is 0 Å². The first kappa shape index (κ1) is 19.2. The summed E-state index contributed by atoms with van der Waals surface area (Å²) in [7, 11) is 1.80. The first-order valence-corrected chi connectivity index (χ1v) is 9.35. The van der Waals surface area contributed by atoms with E-state index >= 15 is 0 Å². The first-order valence-electron chi connectivity index (χ1n) is 8.36. The molecule has 1 amide bonds. The molecular weight excluding hydrogens is 412 g/mol. The van der Waals surface area contributed by atoms with Gasteiger partial charge in [-0.05, 0) is 28.0 Å². The highest BCUT2D eigenvalue weighted by Crippen LogP contribution is 2.24. The van der Waals surface area contributed by atoms with Crippen molar-refractivity contribution in [1.29, 1.82) is 0 Å². The van der Waals surface area contributed by atoms with Crippen molar-refractivity contribution in [3.8, 4) is 5.82 Å². The Balaban J connectivity index is 1.59. The molecule has 0 aliphatic carbocycles. The van der Waals surface area contributed by atoms with E-state index in [0.29, 0.717) is 10.9 Å². The molecule has 4 heterocycles. The second-order valence-corrected chi connectivity index (χ2v) is 6.70. The predicted molar refractivity (Wildman–Crippen MR) is 103 cm³/mol. The Morgan fingerprint density at radius 1 is 1.33 bits per heavy atom. The number of carbonyl (C=O) groups is 1. The number of pyridine rings is 1. The van der Waals surface area contributed by atoms with Gasteiger partial charge in [-0.15, -0.1) is 15.3 Å². The van der Waals surface area contributed by atoms with Crippen molar-refractivity contribution < 1.29 is 9.42 Å². The highest BCUT2D eigenvalue weighted by Gasteiger charge is 2.24. The monoisotopic (exact) mass is 426 g/mol. The number of rotatable bonds is 7. The molecule has 0 fully saturated rings. The van der Waals surface area contributed by atoms with Crippen molar-refractivity contribution in [2.24, 2.45) is 12.1 Å². The van der Waals surface area contributed by atoms with Gasteiger partial charge in [0.1, 0.15) is 6.33 Å². The maximum absolute atomic E-state index is 12.7. The Morgan fingerprint density at radius 3 is 2.87 bits per heavy atom. The van der Waals surface area contributed by atoms with Crippen molar-refractivity contribution in [2.75, 3.05) is 5.73 Å². The van der Waals surface area contributed by atoms with Crippen LogP contribution in [0.2, 0.25) is 0 Å². The number of nitrogens with zero attached hydrogens (tertiary/aromatic N) is 10. The van der Waals surface area contributed by atoms with Gasteiger partial charge in [-0.25, -0.2) is 10.1 Å². The number of carbonyl (C=O) groups excluding carboxylic acids is 1. The molecule has 0 aromatic carbocycles. The van der Waals surface area contributed by atoms with Crippen LogP contribution < -0.4 is 11.2 Å². The van der Waals surface area contributed by atoms with Gasteiger partial charge in [0.15, 0.2) is 10.9 Å². The van der Waals surface area contributed by atoms with Crippen LogP contribution in [0.4, 0.5) is 5.82 Å². The largest absolute Gasteiger partial charge is 0.378 e. The third-order valence-electron chi connectivity index (χ3n) is 3.77. The number of amides is 1. The van der Waals surface area contributed by atoms with E-state index in [4.69, 9.17) is 5.73 Å². The van der Waals surface area contributed by atoms with Gasteiger partial charge in [-0.2, -0.15) is 9.78 Å². The lowest BCUT2D eigenvalue weighted by molar-refractivity contribution is 0.0949. The number of thioether (sulfide) groups is 1. The van der Waals surface area contributed by atoms with Crippen LogP contribution in [0.5, 0.6) is 0 Å². The third kappa shape index (κ3) is 4.00. The van der Waals surface area contributed by atoms with Gasteiger partial charge in [0.2, 0.25) is 11.6 Å². The smallest absolute Gasteiger partial charge is 0.293 e. The average Bonchev–Trinajstić information content (AvgIpc) is 3.46. The fraction of sp³-hybridized carbons (Fsp3) is 0.133. The fourth-order valence-corrected chi connectivity index (χ4v) is 3.20. The van der Waals surface area contributed by atoms with Crippen LogP contribution in [-0.4, -0.2) is 57.2 Å². The van der Waals surface area contributed by atoms with Crippen LogP contribution in [0.15, 0.2) is 45.7 Å². The Morgan fingerprint density at radius 2 is 2.17 bits per heavy atom. The van der Waals surface area contributed by atoms with E-state index in [1.165, 1.54) is 22.7 Å². The van der Waals surface area contributed by atoms with Crippen molar-refractivity contribution in [3.63, 3.8) is 0 Å². The molecule has 0 aliphatic rings. The van der Waals surface area contributed by atoms with Crippen LogP contribution in [0.1, 0.15) is 21.7 Å². The van der Waals surface area contributed by atoms with Gasteiger partial charge in [-0.3, -0.25) is 9.78 Å². The lowest BCUT2D eigenvalue weighted by atomic mass is 10.3. The summed E-state index contributed by atoms with van der Waals surface area (Å²) in [4.78, 5) is 16.6. The summed E-state index contributed by atoms with van der Waals surface area (Å²) in [6.07, 6.45) is 6.29. The molecular formula is C15H14N12O2S. The van der Waals surface area contributed by atoms with E-state index < -0.39 is 5.91 Å². The summed E-state index contributed by atoms with van der Waals surface area (Å²) in [6.45, 7) is 0. The highest BCUT2D eigenvalue weighted by molar-refractivity contribution is 7.98. The normalized spacial score (nSPS) is 11.2. The molecule has 0 saturated carbocycles. The summed E-state index contributed by atoms with van der Waals surface area (Å²) in [5.41, 5.74) is 9.41. The number of hydrazone groups is 1. The van der Waals surface area contributed by atoms with E-state index in [-0.39, 0.29) is 23.1 Å². The lowest BCUT2D eigenvalue weighted by Gasteiger charge is -2.05. The lowest BCUT2D eigenvalue weighted by Crippen LogP contribution is -2.20. The van der Waals surface area contributed by atoms with Crippen LogP contribution in [-0.2, 0) is 12.8 Å².